The lowest BCUT2D eigenvalue weighted by molar-refractivity contribution is -0.142. The Labute approximate surface area is 205 Å². The Morgan fingerprint density at radius 1 is 1.06 bits per heavy atom. The molecule has 0 aromatic heterocycles. The van der Waals surface area contributed by atoms with Crippen molar-refractivity contribution in [3.05, 3.63) is 71.8 Å². The second kappa shape index (κ2) is 12.8. The molecule has 0 aliphatic heterocycles. The van der Waals surface area contributed by atoms with Crippen molar-refractivity contribution < 1.29 is 23.9 Å². The number of nitrogens with zero attached hydrogens (tertiary/aromatic N) is 1. The summed E-state index contributed by atoms with van der Waals surface area (Å²) in [5, 5.41) is 1.12. The van der Waals surface area contributed by atoms with E-state index in [4.69, 9.17) is 21.1 Å². The van der Waals surface area contributed by atoms with Crippen LogP contribution in [0.1, 0.15) is 50.7 Å². The van der Waals surface area contributed by atoms with Crippen LogP contribution in [-0.2, 0) is 19.1 Å². The van der Waals surface area contributed by atoms with Gasteiger partial charge in [-0.2, -0.15) is 0 Å². The molecular formula is C26H31ClN2O5. The first-order valence-electron chi connectivity index (χ1n) is 10.9. The third kappa shape index (κ3) is 8.56. The van der Waals surface area contributed by atoms with Crippen LogP contribution in [0.25, 0.3) is 6.08 Å². The van der Waals surface area contributed by atoms with E-state index < -0.39 is 23.5 Å². The summed E-state index contributed by atoms with van der Waals surface area (Å²) in [6, 6.07) is 16.0. The van der Waals surface area contributed by atoms with Gasteiger partial charge in [-0.1, -0.05) is 42.5 Å². The zero-order chi connectivity index (χ0) is 25.1. The normalized spacial score (nSPS) is 12.1. The number of anilines is 1. The maximum atomic E-state index is 12.9. The molecule has 7 nitrogen and oxygen atoms in total. The highest BCUT2D eigenvalue weighted by molar-refractivity contribution is 6.17. The van der Waals surface area contributed by atoms with E-state index in [1.54, 1.807) is 51.1 Å². The van der Waals surface area contributed by atoms with Gasteiger partial charge in [-0.25, -0.2) is 15.2 Å². The maximum Gasteiger partial charge on any atom is 0.427 e. The summed E-state index contributed by atoms with van der Waals surface area (Å²) in [5.41, 5.74) is 3.84. The first kappa shape index (κ1) is 26.9. The molecule has 1 N–H and O–H groups in total. The molecule has 0 bridgehead atoms. The van der Waals surface area contributed by atoms with E-state index in [9.17, 15) is 14.4 Å². The largest absolute Gasteiger partial charge is 0.469 e. The Balaban J connectivity index is 2.18. The van der Waals surface area contributed by atoms with Gasteiger partial charge in [0.1, 0.15) is 5.60 Å². The summed E-state index contributed by atoms with van der Waals surface area (Å²) in [6.07, 6.45) is 3.52. The number of hydrogen-bond acceptors (Lipinski definition) is 5. The number of benzene rings is 2. The quantitative estimate of drug-likeness (QED) is 0.232. The minimum Gasteiger partial charge on any atom is -0.469 e. The fourth-order valence-corrected chi connectivity index (χ4v) is 3.30. The molecule has 0 fully saturated rings. The number of hydrogen-bond donors (Lipinski definition) is 1. The van der Waals surface area contributed by atoms with Gasteiger partial charge in [0, 0.05) is 12.0 Å². The number of carbonyl (C=O) groups excluding carboxylic acids is 3. The smallest absolute Gasteiger partial charge is 0.427 e. The lowest BCUT2D eigenvalue weighted by atomic mass is 9.94. The van der Waals surface area contributed by atoms with Gasteiger partial charge in [0.05, 0.1) is 18.7 Å². The molecule has 0 saturated carbocycles. The highest BCUT2D eigenvalue weighted by atomic mass is 35.5. The van der Waals surface area contributed by atoms with Crippen molar-refractivity contribution in [3.63, 3.8) is 0 Å². The van der Waals surface area contributed by atoms with E-state index >= 15 is 0 Å². The lowest BCUT2D eigenvalue weighted by Crippen LogP contribution is -2.47. The number of halogens is 1. The number of alkyl halides is 1. The summed E-state index contributed by atoms with van der Waals surface area (Å²) in [6.45, 7) is 5.22. The summed E-state index contributed by atoms with van der Waals surface area (Å²) in [7, 11) is 1.36. The van der Waals surface area contributed by atoms with Crippen LogP contribution in [0.4, 0.5) is 10.5 Å². The van der Waals surface area contributed by atoms with Crippen molar-refractivity contribution in [1.82, 2.24) is 5.43 Å². The summed E-state index contributed by atoms with van der Waals surface area (Å²) in [5.74, 6) is -0.702. The van der Waals surface area contributed by atoms with Gasteiger partial charge >= 0.3 is 12.1 Å². The molecule has 0 aliphatic carbocycles. The third-order valence-corrected chi connectivity index (χ3v) is 4.97. The van der Waals surface area contributed by atoms with Gasteiger partial charge in [-0.05, 0) is 62.9 Å². The van der Waals surface area contributed by atoms with E-state index in [2.05, 4.69) is 5.43 Å². The number of methoxy groups -OCH3 is 1. The zero-order valence-corrected chi connectivity index (χ0v) is 20.7. The highest BCUT2D eigenvalue weighted by Gasteiger charge is 2.22. The lowest BCUT2D eigenvalue weighted by Gasteiger charge is -2.25. The third-order valence-electron chi connectivity index (χ3n) is 4.71. The summed E-state index contributed by atoms with van der Waals surface area (Å²) < 4.78 is 10.2. The van der Waals surface area contributed by atoms with Crippen LogP contribution in [0.2, 0.25) is 0 Å². The molecule has 182 valence electrons. The van der Waals surface area contributed by atoms with Gasteiger partial charge in [-0.15, -0.1) is 11.6 Å². The standard InChI is InChI=1S/C26H31ClN2O5/c1-26(2,3)34-25(32)28-29(21-9-6-5-7-10-21)23(30)17-14-19-12-15-20(16-13-19)22(11-8-18-27)24(31)33-4/h5-7,9-10,12-17,22H,8,11,18H2,1-4H3,(H,28,32). The first-order chi connectivity index (χ1) is 16.1. The van der Waals surface area contributed by atoms with E-state index in [-0.39, 0.29) is 5.97 Å². The average Bonchev–Trinajstić information content (AvgIpc) is 2.81. The van der Waals surface area contributed by atoms with Crippen LogP contribution in [0.15, 0.2) is 60.7 Å². The number of rotatable bonds is 8. The predicted octanol–water partition coefficient (Wildman–Crippen LogP) is 5.45. The van der Waals surface area contributed by atoms with Crippen molar-refractivity contribution in [1.29, 1.82) is 0 Å². The molecule has 2 aromatic rings. The molecule has 0 saturated heterocycles. The fourth-order valence-electron chi connectivity index (χ4n) is 3.14. The van der Waals surface area contributed by atoms with E-state index in [1.165, 1.54) is 13.2 Å². The van der Waals surface area contributed by atoms with Gasteiger partial charge in [0.25, 0.3) is 5.91 Å². The number of hydrazine groups is 1. The van der Waals surface area contributed by atoms with E-state index in [1.807, 2.05) is 30.3 Å². The number of carbonyl (C=O) groups is 3. The molecule has 0 radical (unpaired) electrons. The zero-order valence-electron chi connectivity index (χ0n) is 19.9. The Bertz CT molecular complexity index is 985. The van der Waals surface area contributed by atoms with Crippen molar-refractivity contribution in [2.75, 3.05) is 18.0 Å². The second-order valence-electron chi connectivity index (χ2n) is 8.53. The highest BCUT2D eigenvalue weighted by Crippen LogP contribution is 2.24. The molecule has 1 atom stereocenters. The van der Waals surface area contributed by atoms with Crippen LogP contribution in [0.5, 0.6) is 0 Å². The minimum atomic E-state index is -0.742. The van der Waals surface area contributed by atoms with Crippen molar-refractivity contribution >= 4 is 41.3 Å². The molecule has 2 amide bonds. The molecule has 0 spiro atoms. The predicted molar refractivity (Wildman–Crippen MR) is 133 cm³/mol. The second-order valence-corrected chi connectivity index (χ2v) is 8.91. The Hall–Kier alpha value is -3.32. The van der Waals surface area contributed by atoms with Gasteiger partial charge < -0.3 is 9.47 Å². The maximum absolute atomic E-state index is 12.9. The molecule has 1 unspecified atom stereocenters. The molecule has 34 heavy (non-hydrogen) atoms. The van der Waals surface area contributed by atoms with Crippen molar-refractivity contribution in [2.45, 2.75) is 45.1 Å². The minimum absolute atomic E-state index is 0.310. The Kier molecular flexibility index (Phi) is 10.1. The van der Waals surface area contributed by atoms with Crippen molar-refractivity contribution in [3.8, 4) is 0 Å². The monoisotopic (exact) mass is 486 g/mol. The molecule has 0 heterocycles. The summed E-state index contributed by atoms with van der Waals surface area (Å²) in [4.78, 5) is 37.3. The Morgan fingerprint density at radius 3 is 2.26 bits per heavy atom. The summed E-state index contributed by atoms with van der Waals surface area (Å²) >= 11 is 5.78. The van der Waals surface area contributed by atoms with Crippen LogP contribution in [0, 0.1) is 0 Å². The van der Waals surface area contributed by atoms with Crippen LogP contribution < -0.4 is 10.4 Å². The van der Waals surface area contributed by atoms with Gasteiger partial charge in [0.15, 0.2) is 0 Å². The Morgan fingerprint density at radius 2 is 1.71 bits per heavy atom. The van der Waals surface area contributed by atoms with Gasteiger partial charge in [0.2, 0.25) is 0 Å². The van der Waals surface area contributed by atoms with Crippen LogP contribution >= 0.6 is 11.6 Å². The van der Waals surface area contributed by atoms with E-state index in [0.29, 0.717) is 24.4 Å². The molecule has 2 aromatic carbocycles. The number of nitrogens with one attached hydrogen (secondary N) is 1. The average molecular weight is 487 g/mol. The topological polar surface area (TPSA) is 84.9 Å². The molecular weight excluding hydrogens is 456 g/mol. The SMILES string of the molecule is COC(=O)C(CCCCl)c1ccc(C=CC(=O)N(NC(=O)OC(C)(C)C)c2ccccc2)cc1. The van der Waals surface area contributed by atoms with Crippen LogP contribution in [-0.4, -0.2) is 36.6 Å². The number of ether oxygens (including phenoxy) is 2. The van der Waals surface area contributed by atoms with Crippen molar-refractivity contribution in [2.24, 2.45) is 0 Å². The first-order valence-corrected chi connectivity index (χ1v) is 11.5. The molecule has 0 aliphatic rings. The number of para-hydroxylation sites is 1. The number of esters is 1. The molecule has 2 rings (SSSR count). The van der Waals surface area contributed by atoms with Gasteiger partial charge in [-0.3, -0.25) is 9.59 Å². The fraction of sp³-hybridized carbons (Fsp3) is 0.346. The van der Waals surface area contributed by atoms with E-state index in [0.717, 1.165) is 16.1 Å². The number of amides is 2. The molecule has 8 heteroatoms. The van der Waals surface area contributed by atoms with Crippen LogP contribution in [0.3, 0.4) is 0 Å².